The Morgan fingerprint density at radius 1 is 1.15 bits per heavy atom. The first kappa shape index (κ1) is 29.2. The van der Waals surface area contributed by atoms with Gasteiger partial charge in [-0.15, -0.1) is 0 Å². The first-order valence-electron chi connectivity index (χ1n) is 14.3. The van der Waals surface area contributed by atoms with E-state index >= 15 is 0 Å². The number of nitrogens with zero attached hydrogens (tertiary/aromatic N) is 5. The number of para-hydroxylation sites is 2. The molecule has 3 N–H and O–H groups in total. The molecule has 41 heavy (non-hydrogen) atoms. The van der Waals surface area contributed by atoms with Gasteiger partial charge in [-0.25, -0.2) is 9.59 Å². The highest BCUT2D eigenvalue weighted by Gasteiger charge is 2.25. The van der Waals surface area contributed by atoms with Crippen LogP contribution in [0.4, 0.5) is 4.79 Å². The third-order valence-corrected chi connectivity index (χ3v) is 8.92. The number of rotatable bonds is 8. The van der Waals surface area contributed by atoms with E-state index in [1.807, 2.05) is 47.9 Å². The Hall–Kier alpha value is -3.27. The van der Waals surface area contributed by atoms with Crippen LogP contribution in [0.5, 0.6) is 0 Å². The summed E-state index contributed by atoms with van der Waals surface area (Å²) in [6, 6.07) is 7.70. The minimum Gasteiger partial charge on any atom is -0.351 e. The zero-order valence-corrected chi connectivity index (χ0v) is 24.9. The molecule has 4 heterocycles. The number of aryl methyl sites for hydroxylation is 1. The van der Waals surface area contributed by atoms with Crippen molar-refractivity contribution in [2.24, 2.45) is 5.73 Å². The number of carbonyl (C=O) groups is 1. The molecule has 1 saturated heterocycles. The van der Waals surface area contributed by atoms with Gasteiger partial charge in [0.15, 0.2) is 0 Å². The number of nitrogens with one attached hydrogen (secondary N) is 1. The van der Waals surface area contributed by atoms with Crippen molar-refractivity contribution in [3.8, 4) is 0 Å². The van der Waals surface area contributed by atoms with Gasteiger partial charge in [-0.3, -0.25) is 9.25 Å². The summed E-state index contributed by atoms with van der Waals surface area (Å²) >= 11 is 12.3. The number of carbonyl (C=O) groups excluding carboxylic acids is 1. The van der Waals surface area contributed by atoms with Crippen LogP contribution in [0.25, 0.3) is 17.1 Å². The number of nitrogens with two attached hydrogens (primary N) is 1. The second-order valence-electron chi connectivity index (χ2n) is 10.7. The van der Waals surface area contributed by atoms with E-state index < -0.39 is 6.03 Å². The highest BCUT2D eigenvalue weighted by molar-refractivity contribution is 6.43. The fraction of sp³-hybridized carbons (Fsp3) is 0.433. The molecule has 1 fully saturated rings. The number of halogens is 2. The van der Waals surface area contributed by atoms with Crippen LogP contribution in [0, 0.1) is 0 Å². The average molecular weight is 599 g/mol. The van der Waals surface area contributed by atoms with Crippen molar-refractivity contribution in [1.29, 1.82) is 0 Å². The number of aromatic nitrogens is 4. The predicted molar refractivity (Wildman–Crippen MR) is 165 cm³/mol. The van der Waals surface area contributed by atoms with E-state index in [0.29, 0.717) is 23.2 Å². The van der Waals surface area contributed by atoms with E-state index in [-0.39, 0.29) is 11.7 Å². The SMILES string of the molecule is C\C=C(Cl)/C(Cl)=C\C=C\c1nn(CCCN2CCC(n3c(=O)[nH]c4ccccc43)CC2)c2c1CN(C(N)=O)CCC2. The van der Waals surface area contributed by atoms with Crippen molar-refractivity contribution in [2.75, 3.05) is 26.2 Å². The Morgan fingerprint density at radius 3 is 2.68 bits per heavy atom. The molecule has 2 aliphatic rings. The summed E-state index contributed by atoms with van der Waals surface area (Å²) < 4.78 is 4.03. The summed E-state index contributed by atoms with van der Waals surface area (Å²) in [6.07, 6.45) is 11.8. The second-order valence-corrected chi connectivity index (χ2v) is 11.5. The first-order valence-corrected chi connectivity index (χ1v) is 15.0. The summed E-state index contributed by atoms with van der Waals surface area (Å²) in [4.78, 5) is 31.8. The molecule has 0 bridgehead atoms. The molecular weight excluding hydrogens is 561 g/mol. The van der Waals surface area contributed by atoms with Gasteiger partial charge in [0, 0.05) is 43.5 Å². The predicted octanol–water partition coefficient (Wildman–Crippen LogP) is 5.36. The fourth-order valence-corrected chi connectivity index (χ4v) is 6.19. The van der Waals surface area contributed by atoms with Crippen LogP contribution in [-0.4, -0.2) is 61.3 Å². The van der Waals surface area contributed by atoms with Crippen LogP contribution in [0.1, 0.15) is 55.6 Å². The number of imidazole rings is 1. The van der Waals surface area contributed by atoms with Crippen LogP contribution in [0.2, 0.25) is 0 Å². The van der Waals surface area contributed by atoms with E-state index in [1.165, 1.54) is 0 Å². The molecule has 0 saturated carbocycles. The number of benzene rings is 1. The van der Waals surface area contributed by atoms with Gasteiger partial charge in [0.25, 0.3) is 0 Å². The normalized spacial score (nSPS) is 17.9. The number of urea groups is 1. The molecule has 0 radical (unpaired) electrons. The summed E-state index contributed by atoms with van der Waals surface area (Å²) in [6.45, 7) is 6.56. The van der Waals surface area contributed by atoms with E-state index in [4.69, 9.17) is 34.0 Å². The summed E-state index contributed by atoms with van der Waals surface area (Å²) in [5, 5.41) is 5.86. The maximum absolute atomic E-state index is 12.6. The Labute approximate surface area is 249 Å². The number of fused-ring (bicyclic) bond motifs is 2. The van der Waals surface area contributed by atoms with Gasteiger partial charge in [0.05, 0.1) is 33.3 Å². The molecule has 5 rings (SSSR count). The molecule has 0 aliphatic carbocycles. The molecule has 11 heteroatoms. The first-order chi connectivity index (χ1) is 19.9. The monoisotopic (exact) mass is 597 g/mol. The van der Waals surface area contributed by atoms with Crippen molar-refractivity contribution in [3.05, 3.63) is 80.0 Å². The van der Waals surface area contributed by atoms with Crippen LogP contribution in [0.3, 0.4) is 0 Å². The molecule has 0 unspecified atom stereocenters. The highest BCUT2D eigenvalue weighted by atomic mass is 35.5. The molecule has 2 aromatic heterocycles. The molecule has 9 nitrogen and oxygen atoms in total. The third kappa shape index (κ3) is 6.63. The Morgan fingerprint density at radius 2 is 1.93 bits per heavy atom. The number of likely N-dealkylation sites (tertiary alicyclic amines) is 1. The largest absolute Gasteiger partial charge is 0.351 e. The molecule has 0 atom stereocenters. The third-order valence-electron chi connectivity index (χ3n) is 8.07. The van der Waals surface area contributed by atoms with Crippen LogP contribution in [-0.2, 0) is 19.5 Å². The van der Waals surface area contributed by atoms with Crippen molar-refractivity contribution in [1.82, 2.24) is 29.1 Å². The molecule has 1 aromatic carbocycles. The molecule has 0 spiro atoms. The molecule has 2 aliphatic heterocycles. The van der Waals surface area contributed by atoms with Gasteiger partial charge in [0.2, 0.25) is 0 Å². The van der Waals surface area contributed by atoms with E-state index in [0.717, 1.165) is 86.3 Å². The van der Waals surface area contributed by atoms with Crippen molar-refractivity contribution in [3.63, 3.8) is 0 Å². The maximum Gasteiger partial charge on any atom is 0.326 e. The van der Waals surface area contributed by atoms with Crippen LogP contribution in [0.15, 0.2) is 57.4 Å². The number of piperidine rings is 1. The summed E-state index contributed by atoms with van der Waals surface area (Å²) in [5.41, 5.74) is 10.5. The summed E-state index contributed by atoms with van der Waals surface area (Å²) in [5.74, 6) is 0. The van der Waals surface area contributed by atoms with E-state index in [2.05, 4.69) is 14.6 Å². The van der Waals surface area contributed by atoms with Crippen LogP contribution >= 0.6 is 23.2 Å². The van der Waals surface area contributed by atoms with Gasteiger partial charge in [-0.2, -0.15) is 5.10 Å². The van der Waals surface area contributed by atoms with E-state index in [1.54, 1.807) is 17.1 Å². The molecule has 3 aromatic rings. The lowest BCUT2D eigenvalue weighted by atomic mass is 10.0. The lowest BCUT2D eigenvalue weighted by molar-refractivity contribution is 0.182. The second kappa shape index (κ2) is 13.1. The summed E-state index contributed by atoms with van der Waals surface area (Å²) in [7, 11) is 0. The molecule has 2 amide bonds. The van der Waals surface area contributed by atoms with Gasteiger partial charge in [0.1, 0.15) is 0 Å². The lowest BCUT2D eigenvalue weighted by Crippen LogP contribution is -2.37. The zero-order valence-electron chi connectivity index (χ0n) is 23.4. The van der Waals surface area contributed by atoms with Crippen molar-refractivity contribution < 1.29 is 4.79 Å². The number of H-pyrrole nitrogens is 1. The number of primary amides is 1. The topological polar surface area (TPSA) is 105 Å². The van der Waals surface area contributed by atoms with Gasteiger partial charge in [-0.1, -0.05) is 47.5 Å². The molecule has 218 valence electrons. The average Bonchev–Trinajstić information content (AvgIpc) is 3.37. The minimum absolute atomic E-state index is 0.0218. The fourth-order valence-electron chi connectivity index (χ4n) is 5.94. The highest BCUT2D eigenvalue weighted by Crippen LogP contribution is 2.27. The molecular formula is C30H37Cl2N7O2. The van der Waals surface area contributed by atoms with Crippen molar-refractivity contribution >= 4 is 46.3 Å². The van der Waals surface area contributed by atoms with Crippen LogP contribution < -0.4 is 11.4 Å². The number of hydrogen-bond acceptors (Lipinski definition) is 4. The maximum atomic E-state index is 12.6. The number of amides is 2. The minimum atomic E-state index is -0.415. The van der Waals surface area contributed by atoms with Crippen molar-refractivity contribution in [2.45, 2.75) is 58.2 Å². The Balaban J connectivity index is 1.24. The number of aromatic amines is 1. The van der Waals surface area contributed by atoms with E-state index in [9.17, 15) is 9.59 Å². The number of allylic oxidation sites excluding steroid dienone is 5. The lowest BCUT2D eigenvalue weighted by Gasteiger charge is -2.32. The number of hydrogen-bond donors (Lipinski definition) is 2. The Kier molecular flexibility index (Phi) is 9.37. The van der Waals surface area contributed by atoms with Gasteiger partial charge >= 0.3 is 11.7 Å². The quantitative estimate of drug-likeness (QED) is 0.341. The van der Waals surface area contributed by atoms with Gasteiger partial charge in [-0.05, 0) is 69.9 Å². The smallest absolute Gasteiger partial charge is 0.326 e. The van der Waals surface area contributed by atoms with Gasteiger partial charge < -0.3 is 20.5 Å². The standard InChI is InChI=1S/C30H37Cl2N7O2/c1-2-23(31)24(32)8-5-10-25-22-20-37(29(33)40)16-6-12-27(22)38(35-25)17-7-15-36-18-13-21(14-19-36)39-28-11-4-3-9-26(28)34-30(39)41/h2-5,8-11,21H,6-7,12-20H2,1H3,(H2,33,40)(H,34,41)/b10-5+,23-2+,24-8+. The Bertz CT molecular complexity index is 1540. The zero-order chi connectivity index (χ0) is 28.9.